The Hall–Kier alpha value is -2.72. The summed E-state index contributed by atoms with van der Waals surface area (Å²) >= 11 is 0. The molecule has 1 fully saturated rings. The molecular formula is C21H24F2N4O3S. The third kappa shape index (κ3) is 6.63. The lowest BCUT2D eigenvalue weighted by Gasteiger charge is -2.30. The van der Waals surface area contributed by atoms with E-state index in [1.807, 2.05) is 34.6 Å². The van der Waals surface area contributed by atoms with Crippen molar-refractivity contribution in [2.45, 2.75) is 31.1 Å². The van der Waals surface area contributed by atoms with Gasteiger partial charge in [0, 0.05) is 31.8 Å². The van der Waals surface area contributed by atoms with Crippen LogP contribution in [0.2, 0.25) is 0 Å². The molecule has 2 heterocycles. The summed E-state index contributed by atoms with van der Waals surface area (Å²) in [4.78, 5) is 4.39. The second-order valence-electron chi connectivity index (χ2n) is 6.75. The molecule has 7 nitrogen and oxygen atoms in total. The number of pyridine rings is 1. The number of nitrogens with zero attached hydrogens (tertiary/aromatic N) is 4. The lowest BCUT2D eigenvalue weighted by atomic mass is 10.2. The number of halogens is 2. The zero-order valence-electron chi connectivity index (χ0n) is 16.9. The van der Waals surface area contributed by atoms with E-state index < -0.39 is 24.0 Å². The Morgan fingerprint density at radius 3 is 2.61 bits per heavy atom. The monoisotopic (exact) mass is 450 g/mol. The van der Waals surface area contributed by atoms with Gasteiger partial charge in [-0.1, -0.05) is 18.2 Å². The molecule has 166 valence electrons. The number of alkyl halides is 2. The Balaban J connectivity index is 1.78. The molecule has 0 aliphatic carbocycles. The van der Waals surface area contributed by atoms with Gasteiger partial charge in [-0.3, -0.25) is 9.29 Å². The Kier molecular flexibility index (Phi) is 8.60. The summed E-state index contributed by atoms with van der Waals surface area (Å²) in [5, 5.41) is 7.02. The predicted octanol–water partition coefficient (Wildman–Crippen LogP) is 3.57. The van der Waals surface area contributed by atoms with Crippen LogP contribution in [0.25, 0.3) is 0 Å². The zero-order valence-corrected chi connectivity index (χ0v) is 17.7. The summed E-state index contributed by atoms with van der Waals surface area (Å²) in [5.74, 6) is -0.0833. The van der Waals surface area contributed by atoms with Gasteiger partial charge in [0.15, 0.2) is 6.61 Å². The first-order valence-corrected chi connectivity index (χ1v) is 11.0. The topological polar surface area (TPSA) is 76.4 Å². The minimum atomic E-state index is -2.64. The number of benzene rings is 1. The highest BCUT2D eigenvalue weighted by molar-refractivity contribution is 7.87. The molecule has 0 N–H and O–H groups in total. The maximum absolute atomic E-state index is 13.3. The lowest BCUT2D eigenvalue weighted by Crippen LogP contribution is -2.36. The van der Waals surface area contributed by atoms with Crippen molar-refractivity contribution >= 4 is 29.3 Å². The van der Waals surface area contributed by atoms with E-state index in [0.717, 1.165) is 18.5 Å². The minimum Gasteiger partial charge on any atom is -0.470 e. The van der Waals surface area contributed by atoms with Crippen molar-refractivity contribution in [2.75, 3.05) is 24.1 Å². The maximum Gasteiger partial charge on any atom is 0.272 e. The van der Waals surface area contributed by atoms with Gasteiger partial charge in [0.05, 0.1) is 23.1 Å². The van der Waals surface area contributed by atoms with Gasteiger partial charge in [-0.2, -0.15) is 5.10 Å². The molecule has 0 spiro atoms. The van der Waals surface area contributed by atoms with Crippen molar-refractivity contribution in [1.82, 2.24) is 4.98 Å². The maximum atomic E-state index is 13.3. The summed E-state index contributed by atoms with van der Waals surface area (Å²) < 4.78 is 50.5. The van der Waals surface area contributed by atoms with Gasteiger partial charge in [-0.15, -0.1) is 5.10 Å². The van der Waals surface area contributed by atoms with Crippen molar-refractivity contribution in [1.29, 1.82) is 0 Å². The third-order valence-electron chi connectivity index (χ3n) is 4.60. The molecule has 1 atom stereocenters. The van der Waals surface area contributed by atoms with Crippen LogP contribution in [0, 0.1) is 0 Å². The largest absolute Gasteiger partial charge is 0.470 e. The quantitative estimate of drug-likeness (QED) is 0.333. The van der Waals surface area contributed by atoms with Gasteiger partial charge in [0.2, 0.25) is 5.90 Å². The van der Waals surface area contributed by atoms with E-state index in [4.69, 9.17) is 9.47 Å². The number of aromatic nitrogens is 1. The number of hydrogen-bond acceptors (Lipinski definition) is 6. The Morgan fingerprint density at radius 2 is 2.00 bits per heavy atom. The molecule has 2 aromatic rings. The fraction of sp³-hybridized carbons (Fsp3) is 0.381. The first-order valence-electron chi connectivity index (χ1n) is 9.79. The highest BCUT2D eigenvalue weighted by Gasteiger charge is 2.26. The predicted molar refractivity (Wildman–Crippen MR) is 117 cm³/mol. The average molecular weight is 451 g/mol. The van der Waals surface area contributed by atoms with Crippen LogP contribution in [0.1, 0.15) is 24.1 Å². The Morgan fingerprint density at radius 1 is 1.26 bits per heavy atom. The van der Waals surface area contributed by atoms with Crippen molar-refractivity contribution in [3.63, 3.8) is 0 Å². The van der Waals surface area contributed by atoms with E-state index in [1.54, 1.807) is 12.1 Å². The molecule has 1 unspecified atom stereocenters. The molecule has 1 saturated heterocycles. The van der Waals surface area contributed by atoms with E-state index in [0.29, 0.717) is 31.0 Å². The number of anilines is 1. The molecule has 31 heavy (non-hydrogen) atoms. The van der Waals surface area contributed by atoms with Crippen LogP contribution in [0.3, 0.4) is 0 Å². The zero-order chi connectivity index (χ0) is 22.1. The average Bonchev–Trinajstić information content (AvgIpc) is 2.81. The lowest BCUT2D eigenvalue weighted by molar-refractivity contribution is 0.0765. The second-order valence-corrected chi connectivity index (χ2v) is 8.41. The van der Waals surface area contributed by atoms with Gasteiger partial charge < -0.3 is 9.47 Å². The van der Waals surface area contributed by atoms with Crippen LogP contribution in [0.4, 0.5) is 14.5 Å². The Bertz CT molecular complexity index is 891. The molecule has 1 aromatic heterocycles. The number of hydrogen-bond donors (Lipinski definition) is 0. The summed E-state index contributed by atoms with van der Waals surface area (Å²) in [7, 11) is -1.26. The summed E-state index contributed by atoms with van der Waals surface area (Å²) in [6, 6.07) is 12.9. The first kappa shape index (κ1) is 23.0. The standard InChI is InChI=1S/C21H24F2N4O3S/c1-24-26-21(30-15-20(22)23)16-7-8-17(25-13-16)14-27(18-5-3-2-4-6-18)31(28)19-9-11-29-12-10-19/h2-8,13,19-20H,1,9-12,14-15H2/b26-21-. The smallest absolute Gasteiger partial charge is 0.272 e. The molecule has 1 aliphatic rings. The molecule has 10 heteroatoms. The highest BCUT2D eigenvalue weighted by Crippen LogP contribution is 2.24. The van der Waals surface area contributed by atoms with Crippen LogP contribution in [-0.2, 0) is 27.0 Å². The van der Waals surface area contributed by atoms with Crippen molar-refractivity contribution in [3.8, 4) is 0 Å². The Labute approximate surface area is 182 Å². The molecule has 0 bridgehead atoms. The molecule has 0 radical (unpaired) electrons. The minimum absolute atomic E-state index is 0.00776. The summed E-state index contributed by atoms with van der Waals surface area (Å²) in [6.45, 7) is 3.95. The summed E-state index contributed by atoms with van der Waals surface area (Å²) in [5.41, 5.74) is 1.89. The van der Waals surface area contributed by atoms with E-state index in [1.165, 1.54) is 6.20 Å². The molecule has 0 saturated carbocycles. The molecule has 0 amide bonds. The van der Waals surface area contributed by atoms with Gasteiger partial charge in [-0.05, 0) is 37.1 Å². The van der Waals surface area contributed by atoms with Gasteiger partial charge in [0.1, 0.15) is 11.0 Å². The van der Waals surface area contributed by atoms with E-state index >= 15 is 0 Å². The van der Waals surface area contributed by atoms with Crippen molar-refractivity contribution in [2.24, 2.45) is 10.2 Å². The van der Waals surface area contributed by atoms with E-state index in [-0.39, 0.29) is 11.1 Å². The van der Waals surface area contributed by atoms with Crippen molar-refractivity contribution < 1.29 is 22.5 Å². The number of ether oxygens (including phenoxy) is 2. The molecule has 3 rings (SSSR count). The van der Waals surface area contributed by atoms with Crippen LogP contribution < -0.4 is 4.31 Å². The number of para-hydroxylation sites is 1. The van der Waals surface area contributed by atoms with Crippen LogP contribution >= 0.6 is 0 Å². The van der Waals surface area contributed by atoms with Crippen molar-refractivity contribution in [3.05, 3.63) is 59.9 Å². The van der Waals surface area contributed by atoms with Crippen LogP contribution in [-0.4, -0.2) is 53.3 Å². The molecule has 1 aromatic carbocycles. The van der Waals surface area contributed by atoms with Crippen LogP contribution in [0.5, 0.6) is 0 Å². The number of rotatable bonds is 9. The first-order chi connectivity index (χ1) is 15.1. The van der Waals surface area contributed by atoms with Gasteiger partial charge in [-0.25, -0.2) is 13.0 Å². The molecule has 1 aliphatic heterocycles. The summed E-state index contributed by atoms with van der Waals surface area (Å²) in [6.07, 6.45) is 0.295. The molecular weight excluding hydrogens is 426 g/mol. The van der Waals surface area contributed by atoms with Crippen LogP contribution in [0.15, 0.2) is 58.9 Å². The highest BCUT2D eigenvalue weighted by atomic mass is 32.2. The second kappa shape index (κ2) is 11.6. The fourth-order valence-corrected chi connectivity index (χ4v) is 4.62. The van der Waals surface area contributed by atoms with E-state index in [2.05, 4.69) is 21.9 Å². The SMILES string of the molecule is C=N/N=C(\OCC(F)F)c1ccc(CN(c2ccccc2)S(=O)C2CCOCC2)nc1. The fourth-order valence-electron chi connectivity index (χ4n) is 3.08. The third-order valence-corrected chi connectivity index (χ3v) is 6.42. The van der Waals surface area contributed by atoms with Gasteiger partial charge >= 0.3 is 0 Å². The van der Waals surface area contributed by atoms with Gasteiger partial charge in [0.25, 0.3) is 6.43 Å². The normalized spacial score (nSPS) is 16.2. The van der Waals surface area contributed by atoms with E-state index in [9.17, 15) is 13.0 Å².